The lowest BCUT2D eigenvalue weighted by molar-refractivity contribution is 0.398. The van der Waals surface area contributed by atoms with Crippen LogP contribution in [-0.2, 0) is 0 Å². The number of hydrogen-bond donors (Lipinski definition) is 1. The molecule has 2 heterocycles. The maximum atomic E-state index is 5.79. The van der Waals surface area contributed by atoms with Crippen molar-refractivity contribution in [3.63, 3.8) is 0 Å². The third kappa shape index (κ3) is 1.67. The number of hydrogen-bond acceptors (Lipinski definition) is 4. The fourth-order valence-electron chi connectivity index (χ4n) is 1.06. The summed E-state index contributed by atoms with van der Waals surface area (Å²) in [4.78, 5) is 7.94. The third-order valence-electron chi connectivity index (χ3n) is 1.67. The number of ether oxygens (including phenoxy) is 1. The van der Waals surface area contributed by atoms with E-state index in [-0.39, 0.29) is 0 Å². The van der Waals surface area contributed by atoms with Crippen molar-refractivity contribution in [3.05, 3.63) is 23.6 Å². The maximum Gasteiger partial charge on any atom is 0.215 e. The predicted molar refractivity (Wildman–Crippen MR) is 51.2 cm³/mol. The average molecular weight is 211 g/mol. The smallest absolute Gasteiger partial charge is 0.215 e. The van der Waals surface area contributed by atoms with Gasteiger partial charge in [-0.25, -0.2) is 9.97 Å². The number of methoxy groups -OCH3 is 1. The lowest BCUT2D eigenvalue weighted by atomic mass is 10.2. The molecule has 0 unspecified atom stereocenters. The minimum absolute atomic E-state index is 0.357. The van der Waals surface area contributed by atoms with E-state index in [2.05, 4.69) is 20.2 Å². The van der Waals surface area contributed by atoms with Crippen molar-refractivity contribution in [2.75, 3.05) is 7.11 Å². The number of pyridine rings is 1. The molecule has 2 aromatic heterocycles. The summed E-state index contributed by atoms with van der Waals surface area (Å²) in [6.45, 7) is 0. The highest BCUT2D eigenvalue weighted by atomic mass is 35.5. The quantitative estimate of drug-likeness (QED) is 0.764. The minimum atomic E-state index is 0.357. The van der Waals surface area contributed by atoms with Gasteiger partial charge in [0.1, 0.15) is 11.5 Å². The summed E-state index contributed by atoms with van der Waals surface area (Å²) < 4.78 is 4.98. The first kappa shape index (κ1) is 8.96. The van der Waals surface area contributed by atoms with Gasteiger partial charge in [-0.2, -0.15) is 5.10 Å². The zero-order chi connectivity index (χ0) is 9.97. The molecule has 0 bridgehead atoms. The lowest BCUT2D eigenvalue weighted by Gasteiger charge is -2.01. The first-order chi connectivity index (χ1) is 6.79. The number of nitrogens with one attached hydrogen (secondary N) is 1. The van der Waals surface area contributed by atoms with Crippen molar-refractivity contribution in [2.45, 2.75) is 0 Å². The molecule has 0 saturated heterocycles. The second-order valence-corrected chi connectivity index (χ2v) is 2.94. The van der Waals surface area contributed by atoms with Crippen LogP contribution in [-0.4, -0.2) is 27.3 Å². The number of nitrogens with zero attached hydrogens (tertiary/aromatic N) is 3. The van der Waals surface area contributed by atoms with E-state index in [9.17, 15) is 0 Å². The van der Waals surface area contributed by atoms with E-state index in [0.717, 1.165) is 5.56 Å². The molecule has 0 atom stereocenters. The predicted octanol–water partition coefficient (Wildman–Crippen LogP) is 1.53. The molecule has 0 radical (unpaired) electrons. The van der Waals surface area contributed by atoms with Gasteiger partial charge in [0, 0.05) is 11.6 Å². The molecule has 72 valence electrons. The van der Waals surface area contributed by atoms with E-state index in [0.29, 0.717) is 16.9 Å². The molecule has 0 aliphatic heterocycles. The summed E-state index contributed by atoms with van der Waals surface area (Å²) in [6, 6.07) is 3.41. The number of halogens is 1. The molecule has 0 aliphatic carbocycles. The Morgan fingerprint density at radius 1 is 1.43 bits per heavy atom. The van der Waals surface area contributed by atoms with E-state index in [1.165, 1.54) is 13.4 Å². The zero-order valence-corrected chi connectivity index (χ0v) is 8.12. The Morgan fingerprint density at radius 2 is 2.29 bits per heavy atom. The van der Waals surface area contributed by atoms with Crippen molar-refractivity contribution in [2.24, 2.45) is 0 Å². The van der Waals surface area contributed by atoms with Crippen LogP contribution in [0.15, 0.2) is 18.5 Å². The molecule has 0 aromatic carbocycles. The third-order valence-corrected chi connectivity index (χ3v) is 1.86. The van der Waals surface area contributed by atoms with E-state index in [4.69, 9.17) is 16.3 Å². The Bertz CT molecular complexity index is 429. The van der Waals surface area contributed by atoms with Gasteiger partial charge in [0.05, 0.1) is 7.11 Å². The summed E-state index contributed by atoms with van der Waals surface area (Å²) in [7, 11) is 1.53. The summed E-state index contributed by atoms with van der Waals surface area (Å²) in [5.74, 6) is 1.08. The van der Waals surface area contributed by atoms with Crippen molar-refractivity contribution < 1.29 is 4.74 Å². The fraction of sp³-hybridized carbons (Fsp3) is 0.125. The molecular formula is C8H7ClN4O. The van der Waals surface area contributed by atoms with Crippen LogP contribution in [0.3, 0.4) is 0 Å². The van der Waals surface area contributed by atoms with E-state index >= 15 is 0 Å². The molecule has 14 heavy (non-hydrogen) atoms. The van der Waals surface area contributed by atoms with Gasteiger partial charge in [-0.15, -0.1) is 0 Å². The maximum absolute atomic E-state index is 5.79. The van der Waals surface area contributed by atoms with Crippen LogP contribution in [0.1, 0.15) is 0 Å². The van der Waals surface area contributed by atoms with Crippen LogP contribution in [0.4, 0.5) is 0 Å². The second kappa shape index (κ2) is 3.63. The van der Waals surface area contributed by atoms with E-state index in [1.54, 1.807) is 12.1 Å². The molecular weight excluding hydrogens is 204 g/mol. The molecule has 0 aliphatic rings. The Hall–Kier alpha value is -1.62. The summed E-state index contributed by atoms with van der Waals surface area (Å²) in [6.07, 6.45) is 1.43. The van der Waals surface area contributed by atoms with E-state index in [1.807, 2.05) is 0 Å². The van der Waals surface area contributed by atoms with Crippen LogP contribution >= 0.6 is 11.6 Å². The number of aromatic nitrogens is 4. The van der Waals surface area contributed by atoms with Crippen molar-refractivity contribution in [1.29, 1.82) is 0 Å². The molecule has 0 saturated carbocycles. The van der Waals surface area contributed by atoms with Crippen LogP contribution in [0.5, 0.6) is 5.88 Å². The van der Waals surface area contributed by atoms with Gasteiger partial charge in [0.2, 0.25) is 5.88 Å². The fourth-order valence-corrected chi connectivity index (χ4v) is 1.26. The number of aromatic amines is 1. The average Bonchev–Trinajstić information content (AvgIpc) is 2.69. The van der Waals surface area contributed by atoms with E-state index < -0.39 is 0 Å². The van der Waals surface area contributed by atoms with Gasteiger partial charge >= 0.3 is 0 Å². The molecule has 6 heteroatoms. The van der Waals surface area contributed by atoms with Crippen LogP contribution in [0, 0.1) is 0 Å². The SMILES string of the molecule is COc1cc(-c2ncn[nH]2)cc(Cl)n1. The monoisotopic (exact) mass is 210 g/mol. The lowest BCUT2D eigenvalue weighted by Crippen LogP contribution is -1.90. The first-order valence-electron chi connectivity index (χ1n) is 3.87. The number of rotatable bonds is 2. The van der Waals surface area contributed by atoms with Crippen molar-refractivity contribution >= 4 is 11.6 Å². The highest BCUT2D eigenvalue weighted by Crippen LogP contribution is 2.22. The van der Waals surface area contributed by atoms with Crippen molar-refractivity contribution in [1.82, 2.24) is 20.2 Å². The Morgan fingerprint density at radius 3 is 2.93 bits per heavy atom. The van der Waals surface area contributed by atoms with Gasteiger partial charge in [0.15, 0.2) is 5.82 Å². The molecule has 5 nitrogen and oxygen atoms in total. The molecule has 2 rings (SSSR count). The van der Waals surface area contributed by atoms with Crippen molar-refractivity contribution in [3.8, 4) is 17.3 Å². The summed E-state index contributed by atoms with van der Waals surface area (Å²) in [5.41, 5.74) is 0.791. The standard InChI is InChI=1S/C8H7ClN4O/c1-14-7-3-5(2-6(9)12-7)8-10-4-11-13-8/h2-4H,1H3,(H,10,11,13). The normalized spacial score (nSPS) is 10.1. The highest BCUT2D eigenvalue weighted by Gasteiger charge is 2.05. The van der Waals surface area contributed by atoms with Gasteiger partial charge in [-0.1, -0.05) is 11.6 Å². The minimum Gasteiger partial charge on any atom is -0.481 e. The Kier molecular flexibility index (Phi) is 2.32. The van der Waals surface area contributed by atoms with Gasteiger partial charge < -0.3 is 4.74 Å². The zero-order valence-electron chi connectivity index (χ0n) is 7.36. The first-order valence-corrected chi connectivity index (χ1v) is 4.24. The van der Waals surface area contributed by atoms with Crippen LogP contribution < -0.4 is 4.74 Å². The number of H-pyrrole nitrogens is 1. The van der Waals surface area contributed by atoms with Gasteiger partial charge in [-0.05, 0) is 6.07 Å². The largest absolute Gasteiger partial charge is 0.481 e. The van der Waals surface area contributed by atoms with Crippen LogP contribution in [0.25, 0.3) is 11.4 Å². The van der Waals surface area contributed by atoms with Gasteiger partial charge in [0.25, 0.3) is 0 Å². The van der Waals surface area contributed by atoms with Crippen LogP contribution in [0.2, 0.25) is 5.15 Å². The second-order valence-electron chi connectivity index (χ2n) is 2.55. The summed E-state index contributed by atoms with van der Waals surface area (Å²) >= 11 is 5.79. The molecule has 0 amide bonds. The summed E-state index contributed by atoms with van der Waals surface area (Å²) in [5, 5.41) is 6.83. The Balaban J connectivity index is 2.48. The molecule has 1 N–H and O–H groups in total. The topological polar surface area (TPSA) is 63.7 Å². The highest BCUT2D eigenvalue weighted by molar-refractivity contribution is 6.29. The Labute approximate surface area is 85.1 Å². The van der Waals surface area contributed by atoms with Gasteiger partial charge in [-0.3, -0.25) is 5.10 Å². The molecule has 2 aromatic rings. The molecule has 0 fully saturated rings. The molecule has 0 spiro atoms.